The van der Waals surface area contributed by atoms with Gasteiger partial charge in [0.1, 0.15) is 5.82 Å². The first kappa shape index (κ1) is 11.4. The molecule has 2 rings (SSSR count). The monoisotopic (exact) mass is 241 g/mol. The minimum absolute atomic E-state index is 0.0538. The lowest BCUT2D eigenvalue weighted by Crippen LogP contribution is -2.36. The van der Waals surface area contributed by atoms with Gasteiger partial charge in [0.2, 0.25) is 11.9 Å². The summed E-state index contributed by atoms with van der Waals surface area (Å²) >= 11 is 0. The Labute approximate surface area is 94.6 Å². The second kappa shape index (κ2) is 4.44. The molecule has 17 heavy (non-hydrogen) atoms. The molecular formula is C9H8FN3O4. The van der Waals surface area contributed by atoms with E-state index < -0.39 is 30.0 Å². The van der Waals surface area contributed by atoms with Crippen LogP contribution in [-0.4, -0.2) is 28.2 Å². The third kappa shape index (κ3) is 2.37. The average Bonchev–Trinajstić information content (AvgIpc) is 2.58. The molecule has 1 aliphatic heterocycles. The maximum absolute atomic E-state index is 12.7. The standard InChI is InChI=1S/C9H8FN3O4/c10-4-2-1-3-5(11-4)12-7(14)6-8(15)13-17-9(6)16/h1-3,6,8,13,15H,(H,11,12,14). The van der Waals surface area contributed by atoms with Gasteiger partial charge >= 0.3 is 5.97 Å². The van der Waals surface area contributed by atoms with Crippen LogP contribution >= 0.6 is 0 Å². The van der Waals surface area contributed by atoms with Gasteiger partial charge in [-0.25, -0.2) is 9.78 Å². The number of carbonyl (C=O) groups excluding carboxylic acids is 2. The summed E-state index contributed by atoms with van der Waals surface area (Å²) in [5, 5.41) is 11.4. The maximum atomic E-state index is 12.7. The Kier molecular flexibility index (Phi) is 2.98. The fraction of sp³-hybridized carbons (Fsp3) is 0.222. The van der Waals surface area contributed by atoms with E-state index in [1.54, 1.807) is 0 Å². The zero-order valence-electron chi connectivity index (χ0n) is 8.38. The minimum Gasteiger partial charge on any atom is -0.374 e. The Morgan fingerprint density at radius 1 is 1.59 bits per heavy atom. The van der Waals surface area contributed by atoms with Crippen LogP contribution in [-0.2, 0) is 14.4 Å². The molecule has 0 aliphatic carbocycles. The van der Waals surface area contributed by atoms with Crippen molar-refractivity contribution in [3.63, 3.8) is 0 Å². The van der Waals surface area contributed by atoms with Crippen LogP contribution in [0.1, 0.15) is 0 Å². The highest BCUT2D eigenvalue weighted by atomic mass is 19.1. The quantitative estimate of drug-likeness (QED) is 0.461. The van der Waals surface area contributed by atoms with Gasteiger partial charge in [0.15, 0.2) is 12.1 Å². The first-order valence-electron chi connectivity index (χ1n) is 4.65. The Morgan fingerprint density at radius 2 is 2.35 bits per heavy atom. The van der Waals surface area contributed by atoms with Crippen molar-refractivity contribution >= 4 is 17.7 Å². The molecule has 1 amide bonds. The molecule has 1 aromatic rings. The van der Waals surface area contributed by atoms with Crippen molar-refractivity contribution in [2.45, 2.75) is 6.23 Å². The minimum atomic E-state index is -1.43. The van der Waals surface area contributed by atoms with E-state index in [9.17, 15) is 19.1 Å². The average molecular weight is 241 g/mol. The summed E-state index contributed by atoms with van der Waals surface area (Å²) in [6.45, 7) is 0. The summed E-state index contributed by atoms with van der Waals surface area (Å²) in [5.74, 6) is -3.96. The SMILES string of the molecule is O=C(Nc1cccc(F)n1)C1C(=O)ONC1O. The molecule has 90 valence electrons. The second-order valence-corrected chi connectivity index (χ2v) is 3.30. The predicted molar refractivity (Wildman–Crippen MR) is 51.5 cm³/mol. The normalized spacial score (nSPS) is 23.3. The Morgan fingerprint density at radius 3 is 2.94 bits per heavy atom. The van der Waals surface area contributed by atoms with Gasteiger partial charge in [0, 0.05) is 0 Å². The topological polar surface area (TPSA) is 101 Å². The Balaban J connectivity index is 2.09. The summed E-state index contributed by atoms with van der Waals surface area (Å²) in [5.41, 5.74) is 1.95. The molecule has 0 aromatic carbocycles. The number of aliphatic hydroxyl groups is 1. The van der Waals surface area contributed by atoms with Gasteiger partial charge in [-0.3, -0.25) is 4.79 Å². The predicted octanol–water partition coefficient (Wildman–Crippen LogP) is -0.845. The van der Waals surface area contributed by atoms with Gasteiger partial charge in [-0.2, -0.15) is 4.39 Å². The molecule has 8 heteroatoms. The molecule has 2 heterocycles. The zero-order chi connectivity index (χ0) is 12.4. The molecule has 1 aliphatic rings. The highest BCUT2D eigenvalue weighted by molar-refractivity contribution is 6.05. The largest absolute Gasteiger partial charge is 0.374 e. The lowest BCUT2D eigenvalue weighted by molar-refractivity contribution is -0.147. The number of anilines is 1. The molecule has 1 fully saturated rings. The molecular weight excluding hydrogens is 233 g/mol. The van der Waals surface area contributed by atoms with Crippen LogP contribution in [0.25, 0.3) is 0 Å². The number of aromatic nitrogens is 1. The van der Waals surface area contributed by atoms with Crippen molar-refractivity contribution in [1.82, 2.24) is 10.5 Å². The van der Waals surface area contributed by atoms with Gasteiger partial charge in [-0.1, -0.05) is 6.07 Å². The van der Waals surface area contributed by atoms with E-state index in [2.05, 4.69) is 15.1 Å². The van der Waals surface area contributed by atoms with Crippen LogP contribution in [0.3, 0.4) is 0 Å². The van der Waals surface area contributed by atoms with E-state index >= 15 is 0 Å². The number of hydrogen-bond donors (Lipinski definition) is 3. The number of carbonyl (C=O) groups is 2. The van der Waals surface area contributed by atoms with E-state index in [-0.39, 0.29) is 5.82 Å². The lowest BCUT2D eigenvalue weighted by atomic mass is 10.1. The van der Waals surface area contributed by atoms with Crippen molar-refractivity contribution < 1.29 is 23.9 Å². The molecule has 1 saturated heterocycles. The Hall–Kier alpha value is -2.06. The first-order chi connectivity index (χ1) is 8.08. The first-order valence-corrected chi connectivity index (χ1v) is 4.65. The molecule has 2 atom stereocenters. The maximum Gasteiger partial charge on any atom is 0.341 e. The summed E-state index contributed by atoms with van der Waals surface area (Å²) in [7, 11) is 0. The number of pyridine rings is 1. The van der Waals surface area contributed by atoms with E-state index in [0.717, 1.165) is 6.07 Å². The number of nitrogens with zero attached hydrogens (tertiary/aromatic N) is 1. The van der Waals surface area contributed by atoms with Gasteiger partial charge in [0.05, 0.1) is 0 Å². The molecule has 0 radical (unpaired) electrons. The summed E-state index contributed by atoms with van der Waals surface area (Å²) in [6.07, 6.45) is -1.43. The summed E-state index contributed by atoms with van der Waals surface area (Å²) in [6, 6.07) is 3.80. The fourth-order valence-electron chi connectivity index (χ4n) is 1.31. The van der Waals surface area contributed by atoms with Crippen LogP contribution < -0.4 is 10.8 Å². The molecule has 0 spiro atoms. The number of hydroxylamine groups is 1. The highest BCUT2D eigenvalue weighted by Gasteiger charge is 2.41. The van der Waals surface area contributed by atoms with Gasteiger partial charge in [-0.15, -0.1) is 5.48 Å². The van der Waals surface area contributed by atoms with E-state index in [4.69, 9.17) is 0 Å². The lowest BCUT2D eigenvalue weighted by Gasteiger charge is -2.09. The number of rotatable bonds is 2. The van der Waals surface area contributed by atoms with Crippen LogP contribution in [0.4, 0.5) is 10.2 Å². The van der Waals surface area contributed by atoms with E-state index in [0.29, 0.717) is 0 Å². The highest BCUT2D eigenvalue weighted by Crippen LogP contribution is 2.14. The third-order valence-electron chi connectivity index (χ3n) is 2.10. The molecule has 0 bridgehead atoms. The Bertz CT molecular complexity index is 467. The molecule has 1 aromatic heterocycles. The summed E-state index contributed by atoms with van der Waals surface area (Å²) in [4.78, 5) is 30.3. The van der Waals surface area contributed by atoms with Crippen LogP contribution in [0.5, 0.6) is 0 Å². The van der Waals surface area contributed by atoms with Crippen LogP contribution in [0.15, 0.2) is 18.2 Å². The van der Waals surface area contributed by atoms with E-state index in [1.807, 2.05) is 5.48 Å². The molecule has 0 saturated carbocycles. The number of hydrogen-bond acceptors (Lipinski definition) is 6. The van der Waals surface area contributed by atoms with Gasteiger partial charge in [0.25, 0.3) is 0 Å². The van der Waals surface area contributed by atoms with Crippen molar-refractivity contribution in [3.8, 4) is 0 Å². The molecule has 3 N–H and O–H groups in total. The number of nitrogens with one attached hydrogen (secondary N) is 2. The van der Waals surface area contributed by atoms with Crippen LogP contribution in [0, 0.1) is 11.9 Å². The van der Waals surface area contributed by atoms with Crippen molar-refractivity contribution in [2.24, 2.45) is 5.92 Å². The number of amides is 1. The van der Waals surface area contributed by atoms with Gasteiger partial charge in [-0.05, 0) is 12.1 Å². The van der Waals surface area contributed by atoms with Crippen LogP contribution in [0.2, 0.25) is 0 Å². The van der Waals surface area contributed by atoms with Crippen molar-refractivity contribution in [3.05, 3.63) is 24.1 Å². The van der Waals surface area contributed by atoms with E-state index in [1.165, 1.54) is 12.1 Å². The molecule has 2 unspecified atom stereocenters. The van der Waals surface area contributed by atoms with Gasteiger partial charge < -0.3 is 15.3 Å². The molecule has 7 nitrogen and oxygen atoms in total. The second-order valence-electron chi connectivity index (χ2n) is 3.30. The zero-order valence-corrected chi connectivity index (χ0v) is 8.38. The fourth-order valence-corrected chi connectivity index (χ4v) is 1.31. The van der Waals surface area contributed by atoms with Crippen molar-refractivity contribution in [1.29, 1.82) is 0 Å². The smallest absolute Gasteiger partial charge is 0.341 e. The number of aliphatic hydroxyl groups excluding tert-OH is 1. The summed E-state index contributed by atoms with van der Waals surface area (Å²) < 4.78 is 12.7. The van der Waals surface area contributed by atoms with Crippen molar-refractivity contribution in [2.75, 3.05) is 5.32 Å². The third-order valence-corrected chi connectivity index (χ3v) is 2.10. The number of halogens is 1.